The Kier molecular flexibility index (Phi) is 4.11. The molecule has 3 unspecified atom stereocenters. The molecule has 0 amide bonds. The summed E-state index contributed by atoms with van der Waals surface area (Å²) >= 11 is 0. The van der Waals surface area contributed by atoms with Crippen molar-refractivity contribution < 1.29 is 4.74 Å². The first kappa shape index (κ1) is 13.3. The van der Waals surface area contributed by atoms with Gasteiger partial charge in [-0.15, -0.1) is 0 Å². The summed E-state index contributed by atoms with van der Waals surface area (Å²) in [6.07, 6.45) is 3.88. The summed E-state index contributed by atoms with van der Waals surface area (Å²) in [4.78, 5) is 2.59. The molecule has 0 spiro atoms. The number of likely N-dealkylation sites (tertiary alicyclic amines) is 1. The van der Waals surface area contributed by atoms with E-state index in [9.17, 15) is 0 Å². The second kappa shape index (κ2) is 5.25. The van der Waals surface area contributed by atoms with Crippen LogP contribution < -0.4 is 5.73 Å². The molecular weight excluding hydrogens is 212 g/mol. The first-order valence-electron chi connectivity index (χ1n) is 7.00. The van der Waals surface area contributed by atoms with E-state index in [0.717, 1.165) is 12.5 Å². The van der Waals surface area contributed by atoms with Crippen molar-refractivity contribution in [3.05, 3.63) is 0 Å². The molecule has 0 aromatic rings. The second-order valence-corrected chi connectivity index (χ2v) is 6.68. The maximum absolute atomic E-state index is 6.38. The summed E-state index contributed by atoms with van der Waals surface area (Å²) < 4.78 is 5.25. The van der Waals surface area contributed by atoms with E-state index in [0.29, 0.717) is 17.4 Å². The summed E-state index contributed by atoms with van der Waals surface area (Å²) in [6.45, 7) is 9.18. The highest BCUT2D eigenvalue weighted by atomic mass is 16.5. The molecule has 100 valence electrons. The number of hydrogen-bond donors (Lipinski definition) is 1. The van der Waals surface area contributed by atoms with Crippen molar-refractivity contribution in [1.82, 2.24) is 4.90 Å². The summed E-state index contributed by atoms with van der Waals surface area (Å²) in [5.74, 6) is 1.44. The lowest BCUT2D eigenvalue weighted by atomic mass is 9.85. The van der Waals surface area contributed by atoms with Crippen LogP contribution in [0.5, 0.6) is 0 Å². The zero-order chi connectivity index (χ0) is 12.5. The van der Waals surface area contributed by atoms with E-state index in [1.165, 1.54) is 38.9 Å². The van der Waals surface area contributed by atoms with Crippen molar-refractivity contribution in [2.45, 2.75) is 39.2 Å². The summed E-state index contributed by atoms with van der Waals surface area (Å²) in [5, 5.41) is 0. The largest absolute Gasteiger partial charge is 0.384 e. The minimum Gasteiger partial charge on any atom is -0.384 e. The summed E-state index contributed by atoms with van der Waals surface area (Å²) in [6, 6.07) is 0.379. The van der Waals surface area contributed by atoms with Gasteiger partial charge in [0.25, 0.3) is 0 Å². The predicted molar refractivity (Wildman–Crippen MR) is 70.9 cm³/mol. The molecule has 17 heavy (non-hydrogen) atoms. The van der Waals surface area contributed by atoms with Gasteiger partial charge in [-0.2, -0.15) is 0 Å². The number of methoxy groups -OCH3 is 1. The fourth-order valence-electron chi connectivity index (χ4n) is 3.53. The zero-order valence-electron chi connectivity index (χ0n) is 11.6. The van der Waals surface area contributed by atoms with Crippen LogP contribution in [0.25, 0.3) is 0 Å². The Bertz CT molecular complexity index is 255. The van der Waals surface area contributed by atoms with E-state index in [1.807, 2.05) is 0 Å². The molecule has 1 saturated heterocycles. The normalized spacial score (nSPS) is 37.8. The smallest absolute Gasteiger partial charge is 0.0503 e. The van der Waals surface area contributed by atoms with Crippen molar-refractivity contribution in [1.29, 1.82) is 0 Å². The van der Waals surface area contributed by atoms with Crippen LogP contribution in [0.2, 0.25) is 0 Å². The van der Waals surface area contributed by atoms with Crippen LogP contribution in [0.3, 0.4) is 0 Å². The van der Waals surface area contributed by atoms with Gasteiger partial charge in [0, 0.05) is 26.2 Å². The first-order valence-corrected chi connectivity index (χ1v) is 7.00. The average molecular weight is 240 g/mol. The van der Waals surface area contributed by atoms with Crippen LogP contribution in [-0.2, 0) is 4.74 Å². The van der Waals surface area contributed by atoms with Crippen molar-refractivity contribution in [3.63, 3.8) is 0 Å². The minimum absolute atomic E-state index is 0.344. The Morgan fingerprint density at radius 3 is 2.71 bits per heavy atom. The Balaban J connectivity index is 1.79. The molecule has 2 N–H and O–H groups in total. The molecule has 0 aromatic heterocycles. The molecule has 2 rings (SSSR count). The molecule has 2 aliphatic rings. The third-order valence-corrected chi connectivity index (χ3v) is 4.83. The number of ether oxygens (including phenoxy) is 1. The van der Waals surface area contributed by atoms with Crippen LogP contribution in [0, 0.1) is 17.3 Å². The molecule has 3 atom stereocenters. The highest BCUT2D eigenvalue weighted by Crippen LogP contribution is 2.40. The monoisotopic (exact) mass is 240 g/mol. The standard InChI is InChI=1S/C14H28N2O/c1-14(2)6-4-12(13(14)15)9-16-7-5-11(8-16)10-17-3/h11-13H,4-10,15H2,1-3H3. The predicted octanol–water partition coefficient (Wildman–Crippen LogP) is 1.72. The first-order chi connectivity index (χ1) is 8.03. The average Bonchev–Trinajstić information content (AvgIpc) is 2.80. The van der Waals surface area contributed by atoms with Crippen LogP contribution >= 0.6 is 0 Å². The molecule has 1 aliphatic heterocycles. The van der Waals surface area contributed by atoms with Gasteiger partial charge >= 0.3 is 0 Å². The Morgan fingerprint density at radius 2 is 2.12 bits per heavy atom. The maximum atomic E-state index is 6.38. The summed E-state index contributed by atoms with van der Waals surface area (Å²) in [5.41, 5.74) is 6.72. The van der Waals surface area contributed by atoms with Gasteiger partial charge in [-0.05, 0) is 43.1 Å². The van der Waals surface area contributed by atoms with Gasteiger partial charge in [-0.25, -0.2) is 0 Å². The molecule has 0 bridgehead atoms. The van der Waals surface area contributed by atoms with Crippen LogP contribution in [0.4, 0.5) is 0 Å². The van der Waals surface area contributed by atoms with Crippen molar-refractivity contribution in [3.8, 4) is 0 Å². The molecule has 3 heteroatoms. The Hall–Kier alpha value is -0.120. The third kappa shape index (κ3) is 3.01. The van der Waals surface area contributed by atoms with E-state index < -0.39 is 0 Å². The van der Waals surface area contributed by atoms with Crippen LogP contribution in [-0.4, -0.2) is 44.3 Å². The van der Waals surface area contributed by atoms with Gasteiger partial charge in [0.15, 0.2) is 0 Å². The van der Waals surface area contributed by atoms with Gasteiger partial charge in [0.05, 0.1) is 6.61 Å². The number of hydrogen-bond acceptors (Lipinski definition) is 3. The molecule has 1 aliphatic carbocycles. The summed E-state index contributed by atoms with van der Waals surface area (Å²) in [7, 11) is 1.80. The maximum Gasteiger partial charge on any atom is 0.0503 e. The van der Waals surface area contributed by atoms with Crippen molar-refractivity contribution in [2.75, 3.05) is 33.4 Å². The molecule has 2 fully saturated rings. The second-order valence-electron chi connectivity index (χ2n) is 6.68. The van der Waals surface area contributed by atoms with Gasteiger partial charge in [-0.1, -0.05) is 13.8 Å². The highest BCUT2D eigenvalue weighted by molar-refractivity contribution is 4.95. The topological polar surface area (TPSA) is 38.5 Å². The van der Waals surface area contributed by atoms with E-state index in [-0.39, 0.29) is 0 Å². The SMILES string of the molecule is COCC1CCN(CC2CCC(C)(C)C2N)C1. The Labute approximate surface area is 106 Å². The quantitative estimate of drug-likeness (QED) is 0.813. The van der Waals surface area contributed by atoms with E-state index in [1.54, 1.807) is 7.11 Å². The van der Waals surface area contributed by atoms with Gasteiger partial charge in [-0.3, -0.25) is 0 Å². The number of nitrogens with zero attached hydrogens (tertiary/aromatic N) is 1. The molecule has 1 heterocycles. The third-order valence-electron chi connectivity index (χ3n) is 4.83. The minimum atomic E-state index is 0.344. The molecule has 3 nitrogen and oxygen atoms in total. The molecule has 1 saturated carbocycles. The number of rotatable bonds is 4. The highest BCUT2D eigenvalue weighted by Gasteiger charge is 2.40. The van der Waals surface area contributed by atoms with Crippen LogP contribution in [0.15, 0.2) is 0 Å². The van der Waals surface area contributed by atoms with Crippen molar-refractivity contribution in [2.24, 2.45) is 23.0 Å². The number of nitrogens with two attached hydrogens (primary N) is 1. The Morgan fingerprint density at radius 1 is 1.35 bits per heavy atom. The van der Waals surface area contributed by atoms with E-state index >= 15 is 0 Å². The molecular formula is C14H28N2O. The lowest BCUT2D eigenvalue weighted by Crippen LogP contribution is -2.41. The lowest BCUT2D eigenvalue weighted by molar-refractivity contribution is 0.149. The van der Waals surface area contributed by atoms with Crippen LogP contribution in [0.1, 0.15) is 33.1 Å². The van der Waals surface area contributed by atoms with E-state index in [2.05, 4.69) is 18.7 Å². The van der Waals surface area contributed by atoms with Gasteiger partial charge in [0.2, 0.25) is 0 Å². The lowest BCUT2D eigenvalue weighted by Gasteiger charge is -2.29. The van der Waals surface area contributed by atoms with Crippen molar-refractivity contribution >= 4 is 0 Å². The molecule has 0 aromatic carbocycles. The fraction of sp³-hybridized carbons (Fsp3) is 1.00. The zero-order valence-corrected chi connectivity index (χ0v) is 11.6. The van der Waals surface area contributed by atoms with Gasteiger partial charge < -0.3 is 15.4 Å². The van der Waals surface area contributed by atoms with E-state index in [4.69, 9.17) is 10.5 Å². The molecule has 0 radical (unpaired) electrons. The van der Waals surface area contributed by atoms with Gasteiger partial charge in [0.1, 0.15) is 0 Å². The fourth-order valence-corrected chi connectivity index (χ4v) is 3.53.